The maximum atomic E-state index is 12.5. The number of hydrogen-bond donors (Lipinski definition) is 1. The van der Waals surface area contributed by atoms with E-state index in [1.54, 1.807) is 32.4 Å². The summed E-state index contributed by atoms with van der Waals surface area (Å²) in [5.41, 5.74) is 0.539. The monoisotopic (exact) mass is 347 g/mol. The Hall–Kier alpha value is -2.02. The quantitative estimate of drug-likeness (QED) is 0.610. The van der Waals surface area contributed by atoms with E-state index in [9.17, 15) is 4.79 Å². The lowest BCUT2D eigenvalue weighted by Gasteiger charge is -2.09. The molecule has 0 spiro atoms. The standard InChI is InChI=1S/C17H21N3O3S/c1-22-12-7-8-13(15(9-12)23-2)14(21)10-24-17-18-16(19-20-17)11-5-3-4-6-11/h7-9,11H,3-6,10H2,1-2H3,(H,18,19,20). The molecule has 1 aromatic heterocycles. The number of H-pyrrole nitrogens is 1. The fourth-order valence-electron chi connectivity index (χ4n) is 2.94. The number of methoxy groups -OCH3 is 2. The van der Waals surface area contributed by atoms with E-state index in [4.69, 9.17) is 9.47 Å². The lowest BCUT2D eigenvalue weighted by atomic mass is 10.1. The van der Waals surface area contributed by atoms with E-state index in [0.717, 1.165) is 5.82 Å². The summed E-state index contributed by atoms with van der Waals surface area (Å²) in [5, 5.41) is 7.86. The van der Waals surface area contributed by atoms with Gasteiger partial charge in [-0.05, 0) is 25.0 Å². The van der Waals surface area contributed by atoms with E-state index in [1.807, 2.05) is 0 Å². The fraction of sp³-hybridized carbons (Fsp3) is 0.471. The molecule has 0 aliphatic heterocycles. The van der Waals surface area contributed by atoms with Gasteiger partial charge in [-0.25, -0.2) is 4.98 Å². The third-order valence-corrected chi connectivity index (χ3v) is 5.11. The topological polar surface area (TPSA) is 77.1 Å². The second-order valence-corrected chi connectivity index (χ2v) is 6.71. The summed E-state index contributed by atoms with van der Waals surface area (Å²) in [5.74, 6) is 2.86. The molecule has 2 aromatic rings. The van der Waals surface area contributed by atoms with Gasteiger partial charge < -0.3 is 9.47 Å². The molecule has 7 heteroatoms. The van der Waals surface area contributed by atoms with Crippen LogP contribution in [0.25, 0.3) is 0 Å². The zero-order chi connectivity index (χ0) is 16.9. The van der Waals surface area contributed by atoms with Gasteiger partial charge in [-0.3, -0.25) is 9.89 Å². The van der Waals surface area contributed by atoms with Crippen molar-refractivity contribution in [3.8, 4) is 11.5 Å². The van der Waals surface area contributed by atoms with E-state index in [1.165, 1.54) is 37.4 Å². The molecule has 1 saturated carbocycles. The summed E-state index contributed by atoms with van der Waals surface area (Å²) >= 11 is 1.34. The maximum Gasteiger partial charge on any atom is 0.208 e. The minimum absolute atomic E-state index is 0.0216. The van der Waals surface area contributed by atoms with Crippen molar-refractivity contribution in [2.24, 2.45) is 0 Å². The minimum Gasteiger partial charge on any atom is -0.497 e. The zero-order valence-corrected chi connectivity index (χ0v) is 14.7. The molecule has 128 valence electrons. The van der Waals surface area contributed by atoms with Crippen molar-refractivity contribution in [3.63, 3.8) is 0 Å². The number of rotatable bonds is 7. The highest BCUT2D eigenvalue weighted by atomic mass is 32.2. The Morgan fingerprint density at radius 2 is 2.08 bits per heavy atom. The first-order chi connectivity index (χ1) is 11.7. The van der Waals surface area contributed by atoms with Gasteiger partial charge >= 0.3 is 0 Å². The number of ketones is 1. The van der Waals surface area contributed by atoms with E-state index in [0.29, 0.717) is 28.1 Å². The van der Waals surface area contributed by atoms with Gasteiger partial charge in [0, 0.05) is 12.0 Å². The molecule has 1 heterocycles. The van der Waals surface area contributed by atoms with Crippen LogP contribution < -0.4 is 9.47 Å². The first-order valence-electron chi connectivity index (χ1n) is 8.01. The summed E-state index contributed by atoms with van der Waals surface area (Å²) in [7, 11) is 3.12. The number of nitrogens with zero attached hydrogens (tertiary/aromatic N) is 2. The second-order valence-electron chi connectivity index (χ2n) is 5.76. The molecule has 3 rings (SSSR count). The summed E-state index contributed by atoms with van der Waals surface area (Å²) in [6, 6.07) is 5.19. The van der Waals surface area contributed by atoms with Gasteiger partial charge in [0.05, 0.1) is 25.5 Å². The van der Waals surface area contributed by atoms with E-state index >= 15 is 0 Å². The normalized spacial score (nSPS) is 14.8. The molecule has 0 amide bonds. The molecule has 0 atom stereocenters. The molecule has 0 bridgehead atoms. The molecular formula is C17H21N3O3S. The van der Waals surface area contributed by atoms with Crippen molar-refractivity contribution in [1.29, 1.82) is 0 Å². The molecule has 1 N–H and O–H groups in total. The molecule has 1 fully saturated rings. The van der Waals surface area contributed by atoms with Crippen molar-refractivity contribution in [2.45, 2.75) is 36.8 Å². The molecule has 1 aliphatic rings. The van der Waals surface area contributed by atoms with Crippen LogP contribution in [0.15, 0.2) is 23.4 Å². The Labute approximate surface area is 145 Å². The predicted molar refractivity (Wildman–Crippen MR) is 92.2 cm³/mol. The van der Waals surface area contributed by atoms with Gasteiger partial charge in [0.2, 0.25) is 5.16 Å². The van der Waals surface area contributed by atoms with E-state index < -0.39 is 0 Å². The smallest absolute Gasteiger partial charge is 0.208 e. The Morgan fingerprint density at radius 3 is 2.79 bits per heavy atom. The zero-order valence-electron chi connectivity index (χ0n) is 13.9. The van der Waals surface area contributed by atoms with Crippen LogP contribution >= 0.6 is 11.8 Å². The number of ether oxygens (including phenoxy) is 2. The number of nitrogens with one attached hydrogen (secondary N) is 1. The van der Waals surface area contributed by atoms with Crippen LogP contribution in [-0.4, -0.2) is 40.9 Å². The summed E-state index contributed by atoms with van der Waals surface area (Å²) in [6.45, 7) is 0. The van der Waals surface area contributed by atoms with Crippen molar-refractivity contribution < 1.29 is 14.3 Å². The number of thioether (sulfide) groups is 1. The average molecular weight is 347 g/mol. The third-order valence-electron chi connectivity index (χ3n) is 4.27. The van der Waals surface area contributed by atoms with Crippen LogP contribution in [0.5, 0.6) is 11.5 Å². The lowest BCUT2D eigenvalue weighted by molar-refractivity contribution is 0.101. The van der Waals surface area contributed by atoms with Crippen molar-refractivity contribution >= 4 is 17.5 Å². The summed E-state index contributed by atoms with van der Waals surface area (Å²) in [4.78, 5) is 17.0. The Bertz CT molecular complexity index is 711. The van der Waals surface area contributed by atoms with Gasteiger partial charge in [-0.1, -0.05) is 24.6 Å². The van der Waals surface area contributed by atoms with Gasteiger partial charge in [-0.15, -0.1) is 5.10 Å². The number of hydrogen-bond acceptors (Lipinski definition) is 6. The van der Waals surface area contributed by atoms with Crippen LogP contribution in [0, 0.1) is 0 Å². The van der Waals surface area contributed by atoms with E-state index in [-0.39, 0.29) is 11.5 Å². The summed E-state index contributed by atoms with van der Waals surface area (Å²) < 4.78 is 10.4. The van der Waals surface area contributed by atoms with Crippen LogP contribution in [-0.2, 0) is 0 Å². The fourth-order valence-corrected chi connectivity index (χ4v) is 3.63. The highest BCUT2D eigenvalue weighted by Gasteiger charge is 2.21. The highest BCUT2D eigenvalue weighted by molar-refractivity contribution is 7.99. The second kappa shape index (κ2) is 7.70. The van der Waals surface area contributed by atoms with Crippen molar-refractivity contribution in [3.05, 3.63) is 29.6 Å². The highest BCUT2D eigenvalue weighted by Crippen LogP contribution is 2.33. The molecule has 6 nitrogen and oxygen atoms in total. The number of aromatic nitrogens is 3. The average Bonchev–Trinajstić information content (AvgIpc) is 3.30. The third kappa shape index (κ3) is 3.72. The number of carbonyl (C=O) groups is 1. The molecular weight excluding hydrogens is 326 g/mol. The van der Waals surface area contributed by atoms with Gasteiger partial charge in [-0.2, -0.15) is 0 Å². The van der Waals surface area contributed by atoms with Gasteiger partial charge in [0.25, 0.3) is 0 Å². The van der Waals surface area contributed by atoms with Crippen molar-refractivity contribution in [2.75, 3.05) is 20.0 Å². The largest absolute Gasteiger partial charge is 0.497 e. The minimum atomic E-state index is -0.0216. The number of carbonyl (C=O) groups excluding carboxylic acids is 1. The first-order valence-corrected chi connectivity index (χ1v) is 9.00. The van der Waals surface area contributed by atoms with Crippen LogP contribution in [0.4, 0.5) is 0 Å². The van der Waals surface area contributed by atoms with Gasteiger partial charge in [0.15, 0.2) is 5.78 Å². The summed E-state index contributed by atoms with van der Waals surface area (Å²) in [6.07, 6.45) is 4.84. The molecule has 24 heavy (non-hydrogen) atoms. The maximum absolute atomic E-state index is 12.5. The van der Waals surface area contributed by atoms with Gasteiger partial charge in [0.1, 0.15) is 17.3 Å². The van der Waals surface area contributed by atoms with E-state index in [2.05, 4.69) is 15.2 Å². The SMILES string of the molecule is COc1ccc(C(=O)CSc2n[nH]c(C3CCCC3)n2)c(OC)c1. The van der Waals surface area contributed by atoms with Crippen LogP contribution in [0.2, 0.25) is 0 Å². The number of benzene rings is 1. The van der Waals surface area contributed by atoms with Crippen LogP contribution in [0.3, 0.4) is 0 Å². The predicted octanol–water partition coefficient (Wildman–Crippen LogP) is 3.45. The number of Topliss-reactive ketones (excluding diaryl/α,β-unsaturated/α-hetero) is 1. The number of aromatic amines is 1. The Balaban J connectivity index is 1.63. The lowest BCUT2D eigenvalue weighted by Crippen LogP contribution is -2.05. The molecule has 0 unspecified atom stereocenters. The molecule has 0 saturated heterocycles. The molecule has 1 aromatic carbocycles. The molecule has 0 radical (unpaired) electrons. The molecule has 1 aliphatic carbocycles. The Kier molecular flexibility index (Phi) is 5.40. The van der Waals surface area contributed by atoms with Crippen molar-refractivity contribution in [1.82, 2.24) is 15.2 Å². The Morgan fingerprint density at radius 1 is 1.29 bits per heavy atom. The first kappa shape index (κ1) is 16.8. The van der Waals surface area contributed by atoms with Crippen LogP contribution in [0.1, 0.15) is 47.8 Å².